The molecule has 2 heterocycles. The normalized spacial score (nSPS) is 10.9. The van der Waals surface area contributed by atoms with Gasteiger partial charge in [-0.1, -0.05) is 6.07 Å². The summed E-state index contributed by atoms with van der Waals surface area (Å²) in [5, 5.41) is 14.1. The predicted octanol–water partition coefficient (Wildman–Crippen LogP) is 3.26. The van der Waals surface area contributed by atoms with Gasteiger partial charge in [-0.3, -0.25) is 24.3 Å². The number of aryl methyl sites for hydroxylation is 3. The minimum atomic E-state index is -0.517. The molecule has 0 bridgehead atoms. The number of amides is 1. The van der Waals surface area contributed by atoms with Crippen molar-refractivity contribution < 1.29 is 9.72 Å². The van der Waals surface area contributed by atoms with E-state index in [1.54, 1.807) is 19.9 Å². The Bertz CT molecular complexity index is 1100. The fourth-order valence-electron chi connectivity index (χ4n) is 2.64. The van der Waals surface area contributed by atoms with Crippen molar-refractivity contribution in [2.45, 2.75) is 27.3 Å². The van der Waals surface area contributed by atoms with Crippen molar-refractivity contribution in [3.05, 3.63) is 61.0 Å². The third kappa shape index (κ3) is 2.97. The van der Waals surface area contributed by atoms with E-state index in [1.165, 1.54) is 23.0 Å². The van der Waals surface area contributed by atoms with Gasteiger partial charge in [0.1, 0.15) is 4.83 Å². The van der Waals surface area contributed by atoms with Crippen molar-refractivity contribution in [2.24, 2.45) is 0 Å². The fourth-order valence-corrected chi connectivity index (χ4v) is 3.67. The van der Waals surface area contributed by atoms with E-state index in [9.17, 15) is 19.7 Å². The van der Waals surface area contributed by atoms with Crippen LogP contribution in [0.5, 0.6) is 0 Å². The van der Waals surface area contributed by atoms with Crippen LogP contribution in [0.2, 0.25) is 0 Å². The summed E-state index contributed by atoms with van der Waals surface area (Å²) in [4.78, 5) is 40.7. The second kappa shape index (κ2) is 6.68. The Hall–Kier alpha value is -3.07. The number of hydrogen-bond donors (Lipinski definition) is 1. The second-order valence-corrected chi connectivity index (χ2v) is 6.78. The topological polar surface area (TPSA) is 107 Å². The summed E-state index contributed by atoms with van der Waals surface area (Å²) in [7, 11) is 0. The standard InChI is InChI=1S/C17H16N4O4S/c1-4-20-8-18-16-13(17(20)23)10(3)14(26-16)15(22)19-12-7-11(21(24)25)6-5-9(12)2/h5-8H,4H2,1-3H3,(H,19,22). The van der Waals surface area contributed by atoms with Crippen LogP contribution in [-0.2, 0) is 6.54 Å². The Kier molecular flexibility index (Phi) is 4.56. The fraction of sp³-hybridized carbons (Fsp3) is 0.235. The van der Waals surface area contributed by atoms with Gasteiger partial charge in [-0.2, -0.15) is 0 Å². The van der Waals surface area contributed by atoms with Gasteiger partial charge in [0.15, 0.2) is 0 Å². The molecule has 0 aliphatic rings. The number of nitrogens with one attached hydrogen (secondary N) is 1. The molecule has 0 aliphatic heterocycles. The van der Waals surface area contributed by atoms with Crippen LogP contribution < -0.4 is 10.9 Å². The molecule has 0 saturated heterocycles. The number of fused-ring (bicyclic) bond motifs is 1. The van der Waals surface area contributed by atoms with Gasteiger partial charge in [-0.15, -0.1) is 11.3 Å². The highest BCUT2D eigenvalue weighted by Gasteiger charge is 2.20. The van der Waals surface area contributed by atoms with E-state index in [2.05, 4.69) is 10.3 Å². The Labute approximate surface area is 152 Å². The van der Waals surface area contributed by atoms with E-state index in [4.69, 9.17) is 0 Å². The summed E-state index contributed by atoms with van der Waals surface area (Å²) < 4.78 is 1.48. The SMILES string of the molecule is CCn1cnc2sc(C(=O)Nc3cc([N+](=O)[O-])ccc3C)c(C)c2c1=O. The molecule has 3 aromatic rings. The maximum Gasteiger partial charge on any atom is 0.271 e. The van der Waals surface area contributed by atoms with E-state index in [0.717, 1.165) is 11.3 Å². The molecule has 8 nitrogen and oxygen atoms in total. The van der Waals surface area contributed by atoms with Crippen LogP contribution in [0.3, 0.4) is 0 Å². The average molecular weight is 372 g/mol. The summed E-state index contributed by atoms with van der Waals surface area (Å²) in [6, 6.07) is 4.28. The number of nitro groups is 1. The maximum atomic E-state index is 12.7. The zero-order valence-corrected chi connectivity index (χ0v) is 15.2. The van der Waals surface area contributed by atoms with E-state index >= 15 is 0 Å². The van der Waals surface area contributed by atoms with E-state index in [1.807, 2.05) is 6.92 Å². The molecule has 0 unspecified atom stereocenters. The van der Waals surface area contributed by atoms with Crippen molar-refractivity contribution >= 4 is 38.8 Å². The molecule has 1 aromatic carbocycles. The molecule has 0 fully saturated rings. The number of nitro benzene ring substituents is 1. The predicted molar refractivity (Wildman–Crippen MR) is 100 cm³/mol. The maximum absolute atomic E-state index is 12.7. The molecular formula is C17H16N4O4S. The second-order valence-electron chi connectivity index (χ2n) is 5.78. The minimum absolute atomic E-state index is 0.105. The molecule has 1 amide bonds. The third-order valence-corrected chi connectivity index (χ3v) is 5.34. The highest BCUT2D eigenvalue weighted by Crippen LogP contribution is 2.29. The zero-order valence-electron chi connectivity index (χ0n) is 14.4. The van der Waals surface area contributed by atoms with Crippen molar-refractivity contribution in [1.82, 2.24) is 9.55 Å². The molecule has 1 N–H and O–H groups in total. The third-order valence-electron chi connectivity index (χ3n) is 4.14. The molecule has 0 saturated carbocycles. The molecule has 0 atom stereocenters. The number of thiophene rings is 1. The van der Waals surface area contributed by atoms with E-state index in [-0.39, 0.29) is 11.2 Å². The highest BCUT2D eigenvalue weighted by molar-refractivity contribution is 7.20. The molecule has 0 aliphatic carbocycles. The van der Waals surface area contributed by atoms with Crippen LogP contribution in [0, 0.1) is 24.0 Å². The number of nitrogens with zero attached hydrogens (tertiary/aromatic N) is 3. The van der Waals surface area contributed by atoms with Gasteiger partial charge >= 0.3 is 0 Å². The lowest BCUT2D eigenvalue weighted by atomic mass is 10.1. The molecule has 2 aromatic heterocycles. The lowest BCUT2D eigenvalue weighted by Gasteiger charge is -2.07. The molecule has 9 heteroatoms. The Morgan fingerprint density at radius 3 is 2.77 bits per heavy atom. The summed E-state index contributed by atoms with van der Waals surface area (Å²) in [6.07, 6.45) is 1.47. The molecule has 3 rings (SSSR count). The smallest absolute Gasteiger partial charge is 0.271 e. The number of carbonyl (C=O) groups is 1. The van der Waals surface area contributed by atoms with Crippen molar-refractivity contribution in [3.8, 4) is 0 Å². The molecule has 0 spiro atoms. The molecular weight excluding hydrogens is 356 g/mol. The number of aromatic nitrogens is 2. The van der Waals surface area contributed by atoms with E-state index < -0.39 is 10.8 Å². The highest BCUT2D eigenvalue weighted by atomic mass is 32.1. The van der Waals surface area contributed by atoms with Gasteiger partial charge in [-0.25, -0.2) is 4.98 Å². The molecule has 0 radical (unpaired) electrons. The van der Waals surface area contributed by atoms with Gasteiger partial charge in [0.2, 0.25) is 0 Å². The first-order valence-corrected chi connectivity index (χ1v) is 8.70. The van der Waals surface area contributed by atoms with E-state index in [0.29, 0.717) is 38.5 Å². The summed E-state index contributed by atoms with van der Waals surface area (Å²) >= 11 is 1.13. The summed E-state index contributed by atoms with van der Waals surface area (Å²) in [5.41, 5.74) is 1.34. The van der Waals surface area contributed by atoms with Crippen LogP contribution in [0.15, 0.2) is 29.3 Å². The van der Waals surface area contributed by atoms with Crippen LogP contribution >= 0.6 is 11.3 Å². The number of carbonyl (C=O) groups excluding carboxylic acids is 1. The van der Waals surface area contributed by atoms with Crippen molar-refractivity contribution in [3.63, 3.8) is 0 Å². The lowest BCUT2D eigenvalue weighted by molar-refractivity contribution is -0.384. The number of hydrogen-bond acceptors (Lipinski definition) is 6. The van der Waals surface area contributed by atoms with Gasteiger partial charge in [0.25, 0.3) is 17.2 Å². The van der Waals surface area contributed by atoms with Crippen LogP contribution in [0.1, 0.15) is 27.7 Å². The van der Waals surface area contributed by atoms with Crippen LogP contribution in [0.4, 0.5) is 11.4 Å². The van der Waals surface area contributed by atoms with Crippen molar-refractivity contribution in [1.29, 1.82) is 0 Å². The zero-order chi connectivity index (χ0) is 19.0. The minimum Gasteiger partial charge on any atom is -0.321 e. The number of benzene rings is 1. The van der Waals surface area contributed by atoms with Crippen molar-refractivity contribution in [2.75, 3.05) is 5.32 Å². The first-order chi connectivity index (χ1) is 12.3. The lowest BCUT2D eigenvalue weighted by Crippen LogP contribution is -2.19. The number of non-ortho nitro benzene ring substituents is 1. The monoisotopic (exact) mass is 372 g/mol. The van der Waals surface area contributed by atoms with Gasteiger partial charge in [0, 0.05) is 18.7 Å². The summed E-state index contributed by atoms with van der Waals surface area (Å²) in [5.74, 6) is -0.420. The number of anilines is 1. The van der Waals surface area contributed by atoms with Gasteiger partial charge in [-0.05, 0) is 31.9 Å². The quantitative estimate of drug-likeness (QED) is 0.559. The Morgan fingerprint density at radius 1 is 1.38 bits per heavy atom. The molecule has 26 heavy (non-hydrogen) atoms. The van der Waals surface area contributed by atoms with Gasteiger partial charge < -0.3 is 5.32 Å². The average Bonchev–Trinajstić information content (AvgIpc) is 2.94. The summed E-state index contributed by atoms with van der Waals surface area (Å²) in [6.45, 7) is 5.79. The largest absolute Gasteiger partial charge is 0.321 e. The first-order valence-electron chi connectivity index (χ1n) is 7.88. The Morgan fingerprint density at radius 2 is 2.12 bits per heavy atom. The van der Waals surface area contributed by atoms with Gasteiger partial charge in [0.05, 0.1) is 27.2 Å². The number of rotatable bonds is 4. The Balaban J connectivity index is 2.03. The molecule has 134 valence electrons. The van der Waals surface area contributed by atoms with Crippen LogP contribution in [0.25, 0.3) is 10.2 Å². The first kappa shape index (κ1) is 17.7. The van der Waals surface area contributed by atoms with Crippen LogP contribution in [-0.4, -0.2) is 20.4 Å².